The number of nitrogens with zero attached hydrogens (tertiary/aromatic N) is 1. The van der Waals surface area contributed by atoms with Crippen LogP contribution >= 0.6 is 11.3 Å². The molecule has 5 nitrogen and oxygen atoms in total. The Labute approximate surface area is 110 Å². The van der Waals surface area contributed by atoms with Gasteiger partial charge in [0, 0.05) is 5.38 Å². The molecule has 2 aliphatic rings. The quantitative estimate of drug-likeness (QED) is 0.764. The van der Waals surface area contributed by atoms with Crippen LogP contribution in [-0.2, 0) is 14.8 Å². The fourth-order valence-electron chi connectivity index (χ4n) is 2.76. The van der Waals surface area contributed by atoms with Crippen molar-refractivity contribution in [3.05, 3.63) is 21.9 Å². The molecule has 1 spiro atoms. The Morgan fingerprint density at radius 3 is 2.67 bits per heavy atom. The van der Waals surface area contributed by atoms with E-state index in [4.69, 9.17) is 0 Å². The summed E-state index contributed by atoms with van der Waals surface area (Å²) in [5, 5.41) is 3.55. The molecule has 0 unspecified atom stereocenters. The average Bonchev–Trinajstić information content (AvgIpc) is 2.78. The first kappa shape index (κ1) is 12.1. The topological polar surface area (TPSA) is 66.5 Å². The van der Waals surface area contributed by atoms with Crippen LogP contribution in [0.15, 0.2) is 10.8 Å². The summed E-state index contributed by atoms with van der Waals surface area (Å²) in [5.41, 5.74) is 1.23. The van der Waals surface area contributed by atoms with E-state index in [1.54, 1.807) is 5.38 Å². The van der Waals surface area contributed by atoms with E-state index in [9.17, 15) is 13.2 Å². The average molecular weight is 286 g/mol. The molecule has 1 aromatic rings. The molecule has 1 N–H and O–H groups in total. The molecule has 18 heavy (non-hydrogen) atoms. The Kier molecular flexibility index (Phi) is 2.55. The van der Waals surface area contributed by atoms with Crippen LogP contribution < -0.4 is 4.72 Å². The summed E-state index contributed by atoms with van der Waals surface area (Å²) in [6, 6.07) is 0. The van der Waals surface area contributed by atoms with Crippen molar-refractivity contribution in [2.24, 2.45) is 0 Å². The number of carbonyl (C=O) groups excluding carboxylic acids is 1. The third-order valence-electron chi connectivity index (χ3n) is 3.93. The van der Waals surface area contributed by atoms with Crippen molar-refractivity contribution in [1.82, 2.24) is 9.62 Å². The molecule has 1 aromatic heterocycles. The summed E-state index contributed by atoms with van der Waals surface area (Å²) < 4.78 is 26.1. The zero-order valence-electron chi connectivity index (χ0n) is 9.97. The number of sulfonamides is 1. The van der Waals surface area contributed by atoms with Crippen LogP contribution in [0.4, 0.5) is 0 Å². The van der Waals surface area contributed by atoms with Gasteiger partial charge in [-0.05, 0) is 43.9 Å². The second-order valence-corrected chi connectivity index (χ2v) is 7.67. The third kappa shape index (κ3) is 1.47. The number of likely N-dealkylation sites (tertiary alicyclic amines) is 1. The predicted molar refractivity (Wildman–Crippen MR) is 69.1 cm³/mol. The van der Waals surface area contributed by atoms with Gasteiger partial charge in [0.15, 0.2) is 0 Å². The number of thiophene rings is 1. The van der Waals surface area contributed by atoms with Crippen LogP contribution in [0.25, 0.3) is 0 Å². The monoisotopic (exact) mass is 286 g/mol. The molecule has 1 fully saturated rings. The summed E-state index contributed by atoms with van der Waals surface area (Å²) in [7, 11) is -1.64. The van der Waals surface area contributed by atoms with Crippen molar-refractivity contribution in [3.63, 3.8) is 0 Å². The highest BCUT2D eigenvalue weighted by molar-refractivity contribution is 7.91. The van der Waals surface area contributed by atoms with Crippen LogP contribution in [0, 0.1) is 0 Å². The summed E-state index contributed by atoms with van der Waals surface area (Å²) >= 11 is 1.39. The fraction of sp³-hybridized carbons (Fsp3) is 0.545. The molecule has 1 saturated heterocycles. The molecular weight excluding hydrogens is 272 g/mol. The number of piperidine rings is 1. The minimum absolute atomic E-state index is 0.490. The maximum absolute atomic E-state index is 12.4. The summed E-state index contributed by atoms with van der Waals surface area (Å²) in [5.74, 6) is -0.490. The summed E-state index contributed by atoms with van der Waals surface area (Å²) in [4.78, 5) is 13.9. The maximum atomic E-state index is 12.4. The highest BCUT2D eigenvalue weighted by atomic mass is 32.2. The van der Waals surface area contributed by atoms with E-state index in [2.05, 4.69) is 9.62 Å². The van der Waals surface area contributed by atoms with E-state index >= 15 is 0 Å². The standard InChI is InChI=1S/C11H14N2O3S2/c1-13-4-2-11(3-5-13)9-7-17-6-8(9)10(14)12-18(11,15)16/h6-7H,2-5H2,1H3,(H,12,14). The van der Waals surface area contributed by atoms with Crippen molar-refractivity contribution in [2.75, 3.05) is 20.1 Å². The van der Waals surface area contributed by atoms with Gasteiger partial charge >= 0.3 is 0 Å². The van der Waals surface area contributed by atoms with Crippen molar-refractivity contribution in [3.8, 4) is 0 Å². The van der Waals surface area contributed by atoms with Gasteiger partial charge in [-0.3, -0.25) is 4.79 Å². The van der Waals surface area contributed by atoms with Crippen LogP contribution in [0.5, 0.6) is 0 Å². The van der Waals surface area contributed by atoms with Crippen LogP contribution in [0.1, 0.15) is 28.8 Å². The van der Waals surface area contributed by atoms with E-state index in [0.717, 1.165) is 13.1 Å². The molecule has 0 radical (unpaired) electrons. The van der Waals surface area contributed by atoms with Gasteiger partial charge < -0.3 is 4.90 Å². The molecule has 2 aliphatic heterocycles. The number of amides is 1. The Morgan fingerprint density at radius 1 is 1.33 bits per heavy atom. The van der Waals surface area contributed by atoms with E-state index in [-0.39, 0.29) is 0 Å². The Balaban J connectivity index is 2.18. The number of fused-ring (bicyclic) bond motifs is 2. The molecule has 0 atom stereocenters. The van der Waals surface area contributed by atoms with E-state index in [0.29, 0.717) is 24.0 Å². The lowest BCUT2D eigenvalue weighted by Crippen LogP contribution is -2.55. The number of nitrogens with one attached hydrogen (secondary N) is 1. The van der Waals surface area contributed by atoms with Gasteiger partial charge in [-0.15, -0.1) is 0 Å². The zero-order chi connectivity index (χ0) is 13.0. The molecule has 7 heteroatoms. The number of rotatable bonds is 0. The van der Waals surface area contributed by atoms with Crippen molar-refractivity contribution >= 4 is 27.3 Å². The molecule has 0 bridgehead atoms. The summed E-state index contributed by atoms with van der Waals surface area (Å²) in [6.45, 7) is 1.45. The highest BCUT2D eigenvalue weighted by Crippen LogP contribution is 2.44. The van der Waals surface area contributed by atoms with Crippen LogP contribution in [0.3, 0.4) is 0 Å². The van der Waals surface area contributed by atoms with Crippen molar-refractivity contribution in [2.45, 2.75) is 17.6 Å². The van der Waals surface area contributed by atoms with Gasteiger partial charge in [-0.25, -0.2) is 13.1 Å². The SMILES string of the molecule is CN1CCC2(CC1)c1cscc1C(=O)NS2(=O)=O. The smallest absolute Gasteiger partial charge is 0.265 e. The first-order valence-corrected chi connectivity index (χ1v) is 8.21. The Hall–Kier alpha value is -0.920. The number of hydrogen-bond acceptors (Lipinski definition) is 5. The van der Waals surface area contributed by atoms with E-state index < -0.39 is 20.7 Å². The molecule has 0 aromatic carbocycles. The van der Waals surface area contributed by atoms with Crippen molar-refractivity contribution in [1.29, 1.82) is 0 Å². The van der Waals surface area contributed by atoms with Gasteiger partial charge in [0.2, 0.25) is 10.0 Å². The first-order chi connectivity index (χ1) is 8.46. The van der Waals surface area contributed by atoms with Gasteiger partial charge in [-0.2, -0.15) is 11.3 Å². The first-order valence-electron chi connectivity index (χ1n) is 5.78. The molecule has 0 aliphatic carbocycles. The normalized spacial score (nSPS) is 25.7. The molecule has 1 amide bonds. The lowest BCUT2D eigenvalue weighted by atomic mass is 9.87. The molecule has 3 heterocycles. The molecule has 3 rings (SSSR count). The van der Waals surface area contributed by atoms with E-state index in [1.807, 2.05) is 12.4 Å². The van der Waals surface area contributed by atoms with Gasteiger partial charge in [0.1, 0.15) is 4.75 Å². The molecule has 0 saturated carbocycles. The van der Waals surface area contributed by atoms with Crippen LogP contribution in [0.2, 0.25) is 0 Å². The predicted octanol–water partition coefficient (Wildman–Crippen LogP) is 0.742. The third-order valence-corrected chi connectivity index (χ3v) is 6.79. The number of carbonyl (C=O) groups is 1. The highest BCUT2D eigenvalue weighted by Gasteiger charge is 2.52. The van der Waals surface area contributed by atoms with Crippen LogP contribution in [-0.4, -0.2) is 39.4 Å². The van der Waals surface area contributed by atoms with E-state index in [1.165, 1.54) is 11.3 Å². The van der Waals surface area contributed by atoms with Gasteiger partial charge in [0.25, 0.3) is 5.91 Å². The lowest BCUT2D eigenvalue weighted by Gasteiger charge is -2.42. The maximum Gasteiger partial charge on any atom is 0.265 e. The Morgan fingerprint density at radius 2 is 2.00 bits per heavy atom. The van der Waals surface area contributed by atoms with Crippen molar-refractivity contribution < 1.29 is 13.2 Å². The molecule has 98 valence electrons. The lowest BCUT2D eigenvalue weighted by molar-refractivity contribution is 0.0970. The second kappa shape index (κ2) is 3.79. The summed E-state index contributed by atoms with van der Waals surface area (Å²) in [6.07, 6.45) is 1.08. The Bertz CT molecular complexity index is 598. The molecular formula is C11H14N2O3S2. The second-order valence-electron chi connectivity index (χ2n) is 4.93. The van der Waals surface area contributed by atoms with Gasteiger partial charge in [-0.1, -0.05) is 0 Å². The number of hydrogen-bond donors (Lipinski definition) is 1. The largest absolute Gasteiger partial charge is 0.306 e. The zero-order valence-corrected chi connectivity index (χ0v) is 11.6. The fourth-order valence-corrected chi connectivity index (χ4v) is 5.49. The minimum atomic E-state index is -3.62. The minimum Gasteiger partial charge on any atom is -0.306 e. The van der Waals surface area contributed by atoms with Gasteiger partial charge in [0.05, 0.1) is 5.56 Å².